The molecule has 0 aliphatic rings. The molecule has 0 aliphatic heterocycles. The van der Waals surface area contributed by atoms with Gasteiger partial charge in [-0.25, -0.2) is 4.68 Å². The molecule has 2 aromatic rings. The standard InChI is InChI=1S/C14H15BrN2O2/c1-9(2)10-3-5-11(6-4-10)17-8-12(15)13(16-17)7-14(18)19/h3-6,8-9H,7H2,1-2H3,(H,18,19). The minimum atomic E-state index is -0.888. The van der Waals surface area contributed by atoms with Crippen molar-refractivity contribution in [2.45, 2.75) is 26.2 Å². The summed E-state index contributed by atoms with van der Waals surface area (Å²) >= 11 is 3.33. The Morgan fingerprint density at radius 2 is 2.00 bits per heavy atom. The molecule has 0 atom stereocenters. The third-order valence-electron chi connectivity index (χ3n) is 2.88. The Balaban J connectivity index is 2.29. The number of nitrogens with zero attached hydrogens (tertiary/aromatic N) is 2. The van der Waals surface area contributed by atoms with Gasteiger partial charge in [-0.2, -0.15) is 5.10 Å². The molecule has 0 fully saturated rings. The highest BCUT2D eigenvalue weighted by atomic mass is 79.9. The largest absolute Gasteiger partial charge is 0.481 e. The average molecular weight is 323 g/mol. The number of carboxylic acid groups (broad SMARTS) is 1. The first-order chi connectivity index (χ1) is 8.97. The van der Waals surface area contributed by atoms with E-state index < -0.39 is 5.97 Å². The molecular weight excluding hydrogens is 308 g/mol. The highest BCUT2D eigenvalue weighted by molar-refractivity contribution is 9.10. The monoisotopic (exact) mass is 322 g/mol. The lowest BCUT2D eigenvalue weighted by atomic mass is 10.0. The highest BCUT2D eigenvalue weighted by Crippen LogP contribution is 2.20. The van der Waals surface area contributed by atoms with Crippen molar-refractivity contribution in [3.8, 4) is 5.69 Å². The summed E-state index contributed by atoms with van der Waals surface area (Å²) in [6.45, 7) is 4.29. The Kier molecular flexibility index (Phi) is 4.04. The normalized spacial score (nSPS) is 10.9. The van der Waals surface area contributed by atoms with E-state index >= 15 is 0 Å². The van der Waals surface area contributed by atoms with Crippen molar-refractivity contribution >= 4 is 21.9 Å². The summed E-state index contributed by atoms with van der Waals surface area (Å²) < 4.78 is 2.40. The number of carbonyl (C=O) groups is 1. The molecule has 5 heteroatoms. The number of halogens is 1. The first-order valence-corrected chi connectivity index (χ1v) is 6.83. The molecule has 0 amide bonds. The van der Waals surface area contributed by atoms with Gasteiger partial charge in [-0.15, -0.1) is 0 Å². The molecular formula is C14H15BrN2O2. The van der Waals surface area contributed by atoms with E-state index in [1.54, 1.807) is 10.9 Å². The Morgan fingerprint density at radius 3 is 2.53 bits per heavy atom. The van der Waals surface area contributed by atoms with Crippen LogP contribution >= 0.6 is 15.9 Å². The lowest BCUT2D eigenvalue weighted by Crippen LogP contribution is -2.03. The van der Waals surface area contributed by atoms with Gasteiger partial charge < -0.3 is 5.11 Å². The van der Waals surface area contributed by atoms with Gasteiger partial charge in [0.25, 0.3) is 0 Å². The number of rotatable bonds is 4. The number of hydrogen-bond acceptors (Lipinski definition) is 2. The molecule has 2 rings (SSSR count). The van der Waals surface area contributed by atoms with Crippen molar-refractivity contribution in [1.82, 2.24) is 9.78 Å². The smallest absolute Gasteiger partial charge is 0.309 e. The second kappa shape index (κ2) is 5.57. The van der Waals surface area contributed by atoms with Crippen LogP contribution in [0.25, 0.3) is 5.69 Å². The molecule has 1 N–H and O–H groups in total. The third-order valence-corrected chi connectivity index (χ3v) is 3.55. The van der Waals surface area contributed by atoms with Gasteiger partial charge in [-0.05, 0) is 39.5 Å². The maximum atomic E-state index is 10.7. The third kappa shape index (κ3) is 3.23. The van der Waals surface area contributed by atoms with Crippen molar-refractivity contribution in [2.24, 2.45) is 0 Å². The molecule has 1 aromatic carbocycles. The topological polar surface area (TPSA) is 55.1 Å². The van der Waals surface area contributed by atoms with Crippen LogP contribution in [0, 0.1) is 0 Å². The van der Waals surface area contributed by atoms with Crippen molar-refractivity contribution in [1.29, 1.82) is 0 Å². The quantitative estimate of drug-likeness (QED) is 0.938. The molecule has 1 heterocycles. The molecule has 0 bridgehead atoms. The molecule has 0 radical (unpaired) electrons. The van der Waals surface area contributed by atoms with Gasteiger partial charge in [-0.3, -0.25) is 4.79 Å². The lowest BCUT2D eigenvalue weighted by Gasteiger charge is -2.06. The number of hydrogen-bond donors (Lipinski definition) is 1. The van der Waals surface area contributed by atoms with E-state index in [-0.39, 0.29) is 6.42 Å². The van der Waals surface area contributed by atoms with E-state index in [0.29, 0.717) is 16.1 Å². The van der Waals surface area contributed by atoms with Gasteiger partial charge >= 0.3 is 5.97 Å². The Hall–Kier alpha value is -1.62. The van der Waals surface area contributed by atoms with Crippen LogP contribution in [0.1, 0.15) is 31.0 Å². The first kappa shape index (κ1) is 13.8. The van der Waals surface area contributed by atoms with Crippen molar-refractivity contribution < 1.29 is 9.90 Å². The van der Waals surface area contributed by atoms with Crippen LogP contribution in [0.2, 0.25) is 0 Å². The summed E-state index contributed by atoms with van der Waals surface area (Å²) in [5.74, 6) is -0.401. The maximum absolute atomic E-state index is 10.7. The van der Waals surface area contributed by atoms with Crippen LogP contribution in [0.15, 0.2) is 34.9 Å². The predicted molar refractivity (Wildman–Crippen MR) is 76.7 cm³/mol. The van der Waals surface area contributed by atoms with E-state index in [4.69, 9.17) is 5.11 Å². The predicted octanol–water partition coefficient (Wildman–Crippen LogP) is 3.39. The molecule has 4 nitrogen and oxygen atoms in total. The molecule has 0 unspecified atom stereocenters. The van der Waals surface area contributed by atoms with Gasteiger partial charge in [-0.1, -0.05) is 26.0 Å². The fraction of sp³-hybridized carbons (Fsp3) is 0.286. The maximum Gasteiger partial charge on any atom is 0.309 e. The fourth-order valence-electron chi connectivity index (χ4n) is 1.80. The van der Waals surface area contributed by atoms with Gasteiger partial charge in [0.1, 0.15) is 0 Å². The highest BCUT2D eigenvalue weighted by Gasteiger charge is 2.11. The first-order valence-electron chi connectivity index (χ1n) is 6.03. The Bertz CT molecular complexity index is 588. The van der Waals surface area contributed by atoms with Gasteiger partial charge in [0.15, 0.2) is 0 Å². The van der Waals surface area contributed by atoms with Crippen LogP contribution in [-0.4, -0.2) is 20.9 Å². The zero-order valence-corrected chi connectivity index (χ0v) is 12.4. The summed E-state index contributed by atoms with van der Waals surface area (Å²) in [4.78, 5) is 10.7. The molecule has 1 aromatic heterocycles. The summed E-state index contributed by atoms with van der Waals surface area (Å²) in [5.41, 5.74) is 2.71. The lowest BCUT2D eigenvalue weighted by molar-refractivity contribution is -0.136. The zero-order chi connectivity index (χ0) is 14.0. The van der Waals surface area contributed by atoms with E-state index in [1.165, 1.54) is 5.56 Å². The van der Waals surface area contributed by atoms with Crippen LogP contribution < -0.4 is 0 Å². The number of benzene rings is 1. The van der Waals surface area contributed by atoms with Crippen LogP contribution in [0.3, 0.4) is 0 Å². The summed E-state index contributed by atoms with van der Waals surface area (Å²) in [6.07, 6.45) is 1.69. The van der Waals surface area contributed by atoms with Gasteiger partial charge in [0.05, 0.1) is 22.3 Å². The van der Waals surface area contributed by atoms with Crippen molar-refractivity contribution in [2.75, 3.05) is 0 Å². The second-order valence-electron chi connectivity index (χ2n) is 4.69. The molecule has 0 saturated carbocycles. The minimum Gasteiger partial charge on any atom is -0.481 e. The summed E-state index contributed by atoms with van der Waals surface area (Å²) in [5, 5.41) is 13.1. The Morgan fingerprint density at radius 1 is 1.37 bits per heavy atom. The van der Waals surface area contributed by atoms with Gasteiger partial charge in [0.2, 0.25) is 0 Å². The van der Waals surface area contributed by atoms with E-state index in [0.717, 1.165) is 5.69 Å². The average Bonchev–Trinajstić information content (AvgIpc) is 2.70. The molecule has 100 valence electrons. The molecule has 0 spiro atoms. The molecule has 0 aliphatic carbocycles. The van der Waals surface area contributed by atoms with Crippen molar-refractivity contribution in [3.05, 3.63) is 46.2 Å². The second-order valence-corrected chi connectivity index (χ2v) is 5.54. The number of aliphatic carboxylic acids is 1. The van der Waals surface area contributed by atoms with E-state index in [2.05, 4.69) is 47.0 Å². The van der Waals surface area contributed by atoms with Crippen LogP contribution in [0.4, 0.5) is 0 Å². The SMILES string of the molecule is CC(C)c1ccc(-n2cc(Br)c(CC(=O)O)n2)cc1. The Labute approximate surface area is 120 Å². The number of carboxylic acids is 1. The molecule has 0 saturated heterocycles. The molecule has 19 heavy (non-hydrogen) atoms. The fourth-order valence-corrected chi connectivity index (χ4v) is 2.21. The van der Waals surface area contributed by atoms with Crippen LogP contribution in [0.5, 0.6) is 0 Å². The summed E-state index contributed by atoms with van der Waals surface area (Å²) in [7, 11) is 0. The zero-order valence-electron chi connectivity index (χ0n) is 10.8. The van der Waals surface area contributed by atoms with Crippen LogP contribution in [-0.2, 0) is 11.2 Å². The van der Waals surface area contributed by atoms with Gasteiger partial charge in [0, 0.05) is 6.20 Å². The number of aromatic nitrogens is 2. The van der Waals surface area contributed by atoms with Crippen molar-refractivity contribution in [3.63, 3.8) is 0 Å². The van der Waals surface area contributed by atoms with E-state index in [1.807, 2.05) is 12.1 Å². The summed E-state index contributed by atoms with van der Waals surface area (Å²) in [6, 6.07) is 8.09. The van der Waals surface area contributed by atoms with E-state index in [9.17, 15) is 4.79 Å². The minimum absolute atomic E-state index is 0.0857.